The molecule has 0 bridgehead atoms. The molecule has 1 atom stereocenters. The second-order valence-corrected chi connectivity index (χ2v) is 5.16. The largest absolute Gasteiger partial charge is 0.370 e. The fraction of sp³-hybridized carbons (Fsp3) is 0.250. The molecule has 0 saturated heterocycles. The van der Waals surface area contributed by atoms with Crippen LogP contribution in [0.1, 0.15) is 17.3 Å². The molecule has 1 aliphatic rings. The minimum atomic E-state index is -0.902. The van der Waals surface area contributed by atoms with Crippen LogP contribution in [-0.4, -0.2) is 21.7 Å². The molecule has 3 rings (SSSR count). The van der Waals surface area contributed by atoms with Crippen molar-refractivity contribution in [3.8, 4) is 0 Å². The number of fused-ring (bicyclic) bond motifs is 3. The zero-order chi connectivity index (χ0) is 11.3. The first-order chi connectivity index (χ1) is 7.65. The summed E-state index contributed by atoms with van der Waals surface area (Å²) in [7, 11) is 0. The summed E-state index contributed by atoms with van der Waals surface area (Å²) < 4.78 is 1.86. The topological polar surface area (TPSA) is 42.2 Å². The highest BCUT2D eigenvalue weighted by molar-refractivity contribution is 7.99. The standard InChI is InChI=1S/C12H11NO2S/c1-12(15)7-16-11-9(6-14)8-4-2-3-5-10(8)13(11)12/h2-6,15H,7H2,1H3. The average Bonchev–Trinajstić information content (AvgIpc) is 2.74. The Morgan fingerprint density at radius 3 is 3.00 bits per heavy atom. The number of aliphatic hydroxyl groups is 1. The van der Waals surface area contributed by atoms with E-state index in [1.54, 1.807) is 6.92 Å². The van der Waals surface area contributed by atoms with E-state index in [1.807, 2.05) is 28.8 Å². The smallest absolute Gasteiger partial charge is 0.153 e. The van der Waals surface area contributed by atoms with Crippen LogP contribution in [0.25, 0.3) is 10.9 Å². The highest BCUT2D eigenvalue weighted by Gasteiger charge is 2.36. The molecular formula is C12H11NO2S. The van der Waals surface area contributed by atoms with Gasteiger partial charge in [-0.25, -0.2) is 0 Å². The number of carbonyl (C=O) groups excluding carboxylic acids is 1. The van der Waals surface area contributed by atoms with Crippen LogP contribution in [0, 0.1) is 0 Å². The van der Waals surface area contributed by atoms with Crippen LogP contribution in [0.3, 0.4) is 0 Å². The van der Waals surface area contributed by atoms with Crippen molar-refractivity contribution < 1.29 is 9.90 Å². The molecule has 0 fully saturated rings. The van der Waals surface area contributed by atoms with E-state index in [0.29, 0.717) is 11.3 Å². The summed E-state index contributed by atoms with van der Waals surface area (Å²) in [6, 6.07) is 7.68. The Kier molecular flexibility index (Phi) is 1.94. The maximum Gasteiger partial charge on any atom is 0.153 e. The molecule has 3 nitrogen and oxygen atoms in total. The van der Waals surface area contributed by atoms with Crippen molar-refractivity contribution in [3.05, 3.63) is 29.8 Å². The third-order valence-corrected chi connectivity index (χ3v) is 4.32. The Hall–Kier alpha value is -1.26. The summed E-state index contributed by atoms with van der Waals surface area (Å²) in [6.45, 7) is 1.78. The number of hydrogen-bond donors (Lipinski definition) is 1. The van der Waals surface area contributed by atoms with E-state index in [2.05, 4.69) is 0 Å². The SMILES string of the molecule is CC1(O)CSc2c(C=O)c3ccccc3n21. The Morgan fingerprint density at radius 2 is 2.25 bits per heavy atom. The Bertz CT molecular complexity index is 586. The van der Waals surface area contributed by atoms with Gasteiger partial charge in [0, 0.05) is 11.1 Å². The molecule has 2 heterocycles. The molecular weight excluding hydrogens is 222 g/mol. The Labute approximate surface area is 97.1 Å². The van der Waals surface area contributed by atoms with Crippen molar-refractivity contribution in [2.24, 2.45) is 0 Å². The molecule has 0 saturated carbocycles. The summed E-state index contributed by atoms with van der Waals surface area (Å²) >= 11 is 1.53. The van der Waals surface area contributed by atoms with Crippen molar-refractivity contribution in [1.29, 1.82) is 0 Å². The predicted octanol–water partition coefficient (Wildman–Crippen LogP) is 2.22. The monoisotopic (exact) mass is 233 g/mol. The van der Waals surface area contributed by atoms with Crippen molar-refractivity contribution in [2.75, 3.05) is 5.75 Å². The van der Waals surface area contributed by atoms with Gasteiger partial charge in [0.2, 0.25) is 0 Å². The van der Waals surface area contributed by atoms with Gasteiger partial charge >= 0.3 is 0 Å². The van der Waals surface area contributed by atoms with Gasteiger partial charge in [-0.05, 0) is 13.0 Å². The highest BCUT2D eigenvalue weighted by atomic mass is 32.2. The molecule has 0 aliphatic carbocycles. The molecule has 0 amide bonds. The first-order valence-corrected chi connectivity index (χ1v) is 6.08. The van der Waals surface area contributed by atoms with Crippen LogP contribution in [0.2, 0.25) is 0 Å². The number of aldehydes is 1. The maximum atomic E-state index is 11.1. The van der Waals surface area contributed by atoms with Crippen molar-refractivity contribution in [2.45, 2.75) is 17.7 Å². The molecule has 1 N–H and O–H groups in total. The lowest BCUT2D eigenvalue weighted by molar-refractivity contribution is 0.0105. The summed E-state index contributed by atoms with van der Waals surface area (Å²) in [5.74, 6) is 0.591. The minimum absolute atomic E-state index is 0.591. The van der Waals surface area contributed by atoms with Gasteiger partial charge in [0.15, 0.2) is 6.29 Å². The van der Waals surface area contributed by atoms with Gasteiger partial charge in [0.1, 0.15) is 5.72 Å². The second kappa shape index (κ2) is 3.12. The van der Waals surface area contributed by atoms with Crippen molar-refractivity contribution >= 4 is 29.0 Å². The van der Waals surface area contributed by atoms with Gasteiger partial charge in [-0.1, -0.05) is 18.2 Å². The minimum Gasteiger partial charge on any atom is -0.370 e. The number of carbonyl (C=O) groups is 1. The van der Waals surface area contributed by atoms with E-state index in [1.165, 1.54) is 11.8 Å². The van der Waals surface area contributed by atoms with Crippen molar-refractivity contribution in [1.82, 2.24) is 4.57 Å². The van der Waals surface area contributed by atoms with E-state index in [9.17, 15) is 9.90 Å². The summed E-state index contributed by atoms with van der Waals surface area (Å²) in [5.41, 5.74) is 0.717. The van der Waals surface area contributed by atoms with Gasteiger partial charge in [-0.15, -0.1) is 11.8 Å². The second-order valence-electron chi connectivity index (χ2n) is 4.19. The van der Waals surface area contributed by atoms with E-state index in [0.717, 1.165) is 22.2 Å². The Morgan fingerprint density at radius 1 is 1.50 bits per heavy atom. The fourth-order valence-electron chi connectivity index (χ4n) is 2.25. The lowest BCUT2D eigenvalue weighted by Crippen LogP contribution is -2.27. The van der Waals surface area contributed by atoms with Crippen LogP contribution in [0.15, 0.2) is 29.3 Å². The molecule has 1 aliphatic heterocycles. The summed E-state index contributed by atoms with van der Waals surface area (Å²) in [5, 5.41) is 12.1. The van der Waals surface area contributed by atoms with Crippen molar-refractivity contribution in [3.63, 3.8) is 0 Å². The maximum absolute atomic E-state index is 11.1. The number of aromatic nitrogens is 1. The number of benzene rings is 1. The molecule has 0 spiro atoms. The van der Waals surface area contributed by atoms with Crippen LogP contribution in [-0.2, 0) is 5.72 Å². The van der Waals surface area contributed by atoms with Gasteiger partial charge in [-0.2, -0.15) is 0 Å². The molecule has 1 aromatic carbocycles. The Balaban J connectivity index is 2.48. The first kappa shape index (κ1) is 9.93. The molecule has 82 valence electrons. The third kappa shape index (κ3) is 1.11. The van der Waals surface area contributed by atoms with Gasteiger partial charge in [-0.3, -0.25) is 4.79 Å². The quantitative estimate of drug-likeness (QED) is 0.768. The van der Waals surface area contributed by atoms with E-state index in [-0.39, 0.29) is 0 Å². The summed E-state index contributed by atoms with van der Waals surface area (Å²) in [6.07, 6.45) is 0.878. The third-order valence-electron chi connectivity index (χ3n) is 2.95. The number of thioether (sulfide) groups is 1. The normalized spacial score (nSPS) is 23.6. The van der Waals surface area contributed by atoms with Crippen LogP contribution >= 0.6 is 11.8 Å². The number of nitrogens with zero attached hydrogens (tertiary/aromatic N) is 1. The highest BCUT2D eigenvalue weighted by Crippen LogP contribution is 2.43. The molecule has 0 radical (unpaired) electrons. The van der Waals surface area contributed by atoms with E-state index >= 15 is 0 Å². The number of rotatable bonds is 1. The predicted molar refractivity (Wildman–Crippen MR) is 63.9 cm³/mol. The van der Waals surface area contributed by atoms with E-state index in [4.69, 9.17) is 0 Å². The molecule has 2 aromatic rings. The average molecular weight is 233 g/mol. The van der Waals surface area contributed by atoms with Crippen LogP contribution < -0.4 is 0 Å². The lowest BCUT2D eigenvalue weighted by atomic mass is 10.2. The fourth-order valence-corrected chi connectivity index (χ4v) is 3.52. The lowest BCUT2D eigenvalue weighted by Gasteiger charge is -2.19. The molecule has 1 aromatic heterocycles. The summed E-state index contributed by atoms with van der Waals surface area (Å²) in [4.78, 5) is 11.1. The zero-order valence-electron chi connectivity index (χ0n) is 8.80. The van der Waals surface area contributed by atoms with Gasteiger partial charge in [0.05, 0.1) is 16.1 Å². The van der Waals surface area contributed by atoms with Gasteiger partial charge < -0.3 is 9.67 Å². The first-order valence-electron chi connectivity index (χ1n) is 5.09. The zero-order valence-corrected chi connectivity index (χ0v) is 9.62. The van der Waals surface area contributed by atoms with Gasteiger partial charge in [0.25, 0.3) is 0 Å². The molecule has 1 unspecified atom stereocenters. The molecule has 16 heavy (non-hydrogen) atoms. The molecule has 4 heteroatoms. The van der Waals surface area contributed by atoms with Crippen LogP contribution in [0.5, 0.6) is 0 Å². The number of hydrogen-bond acceptors (Lipinski definition) is 3. The number of para-hydroxylation sites is 1. The van der Waals surface area contributed by atoms with Crippen LogP contribution in [0.4, 0.5) is 0 Å². The van der Waals surface area contributed by atoms with E-state index < -0.39 is 5.72 Å².